The first kappa shape index (κ1) is 23.2. The van der Waals surface area contributed by atoms with Crippen molar-refractivity contribution in [1.29, 1.82) is 0 Å². The summed E-state index contributed by atoms with van der Waals surface area (Å²) in [5.41, 5.74) is 11.1. The molecule has 0 N–H and O–H groups in total. The van der Waals surface area contributed by atoms with Gasteiger partial charge >= 0.3 is 171 Å². The minimum Gasteiger partial charge on any atom is -1.00 e. The van der Waals surface area contributed by atoms with Crippen molar-refractivity contribution in [3.05, 3.63) is 76.9 Å². The van der Waals surface area contributed by atoms with Crippen LogP contribution in [-0.4, -0.2) is 5.92 Å². The van der Waals surface area contributed by atoms with E-state index in [0.717, 1.165) is 10.0 Å². The summed E-state index contributed by atoms with van der Waals surface area (Å²) >= 11 is -0.412. The third kappa shape index (κ3) is 4.09. The number of hydrogen-bond acceptors (Lipinski definition) is 0. The third-order valence-electron chi connectivity index (χ3n) is 5.54. The van der Waals surface area contributed by atoms with E-state index in [0.29, 0.717) is 0 Å². The summed E-state index contributed by atoms with van der Waals surface area (Å²) in [5, 5.41) is 0. The minimum absolute atomic E-state index is 0. The molecular weight excluding hydrogens is 446 g/mol. The van der Waals surface area contributed by atoms with Crippen molar-refractivity contribution in [2.45, 2.75) is 43.9 Å². The maximum atomic E-state index is 2.56. The Labute approximate surface area is 180 Å². The molecular formula is C24H28F2SiZr. The summed E-state index contributed by atoms with van der Waals surface area (Å²) in [6.45, 7) is 12.1. The van der Waals surface area contributed by atoms with Crippen molar-refractivity contribution < 1.29 is 31.8 Å². The second-order valence-corrected chi connectivity index (χ2v) is 23.9. The molecule has 2 aromatic rings. The largest absolute Gasteiger partial charge is 1.00 e. The standard InChI is InChI=1S/C22H21.C2H7Si.2FH.Zr/c1-22(2,3)17-12-11-16(13-17)19-9-6-10-20-18-8-5-4-7-15(18)14-21(19)20;1-3-2;;;/h4-10,12-14H,11H2,1-3H3;3H,1-2H3;2*1H;/q;;;;+2/p-2. The number of halogens is 2. The molecule has 2 aliphatic carbocycles. The van der Waals surface area contributed by atoms with Crippen molar-refractivity contribution in [2.75, 3.05) is 0 Å². The number of rotatable bonds is 3. The second-order valence-electron chi connectivity index (χ2n) is 8.89. The van der Waals surface area contributed by atoms with Crippen LogP contribution in [0.2, 0.25) is 13.1 Å². The topological polar surface area (TPSA) is 0 Å². The van der Waals surface area contributed by atoms with E-state index in [2.05, 4.69) is 88.5 Å². The van der Waals surface area contributed by atoms with E-state index in [4.69, 9.17) is 0 Å². The van der Waals surface area contributed by atoms with Gasteiger partial charge in [0.15, 0.2) is 0 Å². The number of fused-ring (bicyclic) bond motifs is 3. The van der Waals surface area contributed by atoms with Crippen LogP contribution in [0.1, 0.15) is 47.5 Å². The molecule has 0 saturated heterocycles. The summed E-state index contributed by atoms with van der Waals surface area (Å²) in [6, 6.07) is 16.2. The van der Waals surface area contributed by atoms with E-state index in [1.807, 2.05) is 0 Å². The van der Waals surface area contributed by atoms with Crippen LogP contribution in [0.25, 0.3) is 16.7 Å². The van der Waals surface area contributed by atoms with Gasteiger partial charge in [0.25, 0.3) is 0 Å². The Morgan fingerprint density at radius 3 is 2.18 bits per heavy atom. The van der Waals surface area contributed by atoms with E-state index < -0.39 is 28.3 Å². The fourth-order valence-electron chi connectivity index (χ4n) is 4.28. The quantitative estimate of drug-likeness (QED) is 0.573. The van der Waals surface area contributed by atoms with Crippen LogP contribution in [0.15, 0.2) is 60.2 Å². The van der Waals surface area contributed by atoms with Crippen molar-refractivity contribution in [3.8, 4) is 11.1 Å². The van der Waals surface area contributed by atoms with Gasteiger partial charge in [-0.1, -0.05) is 0 Å². The van der Waals surface area contributed by atoms with Gasteiger partial charge in [-0.2, -0.15) is 0 Å². The van der Waals surface area contributed by atoms with Crippen LogP contribution in [0.4, 0.5) is 0 Å². The zero-order valence-electron chi connectivity index (χ0n) is 17.3. The summed E-state index contributed by atoms with van der Waals surface area (Å²) in [6.07, 6.45) is 6.02. The molecule has 0 aliphatic heterocycles. The molecule has 0 radical (unpaired) electrons. The molecule has 0 saturated carbocycles. The third-order valence-corrected chi connectivity index (χ3v) is 15.4. The smallest absolute Gasteiger partial charge is 1.00 e. The fraction of sp³-hybridized carbons (Fsp3) is 0.333. The SMILES string of the molecule is C[SiH](C)[Zr+2][CH]1c2ccccc2-c2cccc(C3=CC(C(C)(C)C)=CC3)c21.[F-].[F-]. The molecule has 0 spiro atoms. The number of benzene rings is 2. The van der Waals surface area contributed by atoms with Gasteiger partial charge in [0.2, 0.25) is 0 Å². The molecule has 2 aliphatic rings. The summed E-state index contributed by atoms with van der Waals surface area (Å²) in [4.78, 5) is 0. The summed E-state index contributed by atoms with van der Waals surface area (Å²) < 4.78 is 0.757. The Morgan fingerprint density at radius 1 is 0.893 bits per heavy atom. The molecule has 0 bridgehead atoms. The predicted molar refractivity (Wildman–Crippen MR) is 113 cm³/mol. The minimum atomic E-state index is -0.498. The van der Waals surface area contributed by atoms with Gasteiger partial charge in [-0.25, -0.2) is 0 Å². The fourth-order valence-corrected chi connectivity index (χ4v) is 14.1. The normalized spacial score (nSPS) is 17.0. The van der Waals surface area contributed by atoms with Gasteiger partial charge in [0, 0.05) is 0 Å². The molecule has 28 heavy (non-hydrogen) atoms. The van der Waals surface area contributed by atoms with Crippen LogP contribution in [0, 0.1) is 5.41 Å². The molecule has 1 atom stereocenters. The monoisotopic (exact) mass is 472 g/mol. The molecule has 0 nitrogen and oxygen atoms in total. The summed E-state index contributed by atoms with van der Waals surface area (Å²) in [5.74, 6) is -0.498. The molecule has 1 unspecified atom stereocenters. The van der Waals surface area contributed by atoms with Crippen LogP contribution in [0.5, 0.6) is 0 Å². The Hall–Kier alpha value is -1.12. The first-order valence-corrected chi connectivity index (χ1v) is 18.3. The average molecular weight is 474 g/mol. The van der Waals surface area contributed by atoms with Gasteiger partial charge in [-0.3, -0.25) is 0 Å². The van der Waals surface area contributed by atoms with Crippen LogP contribution in [0.3, 0.4) is 0 Å². The molecule has 4 heteroatoms. The Balaban J connectivity index is 0.00000140. The van der Waals surface area contributed by atoms with E-state index in [-0.39, 0.29) is 14.8 Å². The zero-order chi connectivity index (χ0) is 18.5. The maximum absolute atomic E-state index is 2.56. The molecule has 0 aromatic heterocycles. The zero-order valence-corrected chi connectivity index (χ0v) is 20.9. The van der Waals surface area contributed by atoms with E-state index in [1.165, 1.54) is 27.8 Å². The van der Waals surface area contributed by atoms with Gasteiger partial charge in [0.05, 0.1) is 0 Å². The first-order chi connectivity index (χ1) is 12.4. The molecule has 0 heterocycles. The van der Waals surface area contributed by atoms with Gasteiger partial charge < -0.3 is 9.41 Å². The first-order valence-electron chi connectivity index (χ1n) is 9.76. The summed E-state index contributed by atoms with van der Waals surface area (Å²) in [7, 11) is 0. The van der Waals surface area contributed by atoms with Crippen molar-refractivity contribution in [3.63, 3.8) is 0 Å². The van der Waals surface area contributed by atoms with Crippen molar-refractivity contribution in [2.24, 2.45) is 5.41 Å². The van der Waals surface area contributed by atoms with Gasteiger partial charge in [0.1, 0.15) is 0 Å². The molecule has 0 fully saturated rings. The Kier molecular flexibility index (Phi) is 7.21. The molecule has 4 rings (SSSR count). The Bertz CT molecular complexity index is 922. The van der Waals surface area contributed by atoms with Gasteiger partial charge in [-0.05, 0) is 0 Å². The average Bonchev–Trinajstić information content (AvgIpc) is 3.19. The van der Waals surface area contributed by atoms with Gasteiger partial charge in [-0.15, -0.1) is 0 Å². The maximum Gasteiger partial charge on any atom is -1.00 e. The molecule has 146 valence electrons. The molecule has 2 aromatic carbocycles. The van der Waals surface area contributed by atoms with E-state index >= 15 is 0 Å². The number of allylic oxidation sites excluding steroid dienone is 4. The van der Waals surface area contributed by atoms with E-state index in [1.54, 1.807) is 11.1 Å². The van der Waals surface area contributed by atoms with Crippen molar-refractivity contribution >= 4 is 11.5 Å². The number of hydrogen-bond donors (Lipinski definition) is 0. The van der Waals surface area contributed by atoms with Crippen LogP contribution in [-0.2, 0) is 22.4 Å². The van der Waals surface area contributed by atoms with Crippen molar-refractivity contribution in [1.82, 2.24) is 0 Å². The Morgan fingerprint density at radius 2 is 1.54 bits per heavy atom. The predicted octanol–water partition coefficient (Wildman–Crippen LogP) is 0.590. The van der Waals surface area contributed by atoms with Crippen LogP contribution >= 0.6 is 0 Å². The van der Waals surface area contributed by atoms with E-state index in [9.17, 15) is 0 Å². The molecule has 0 amide bonds. The van der Waals surface area contributed by atoms with Crippen LogP contribution < -0.4 is 9.41 Å². The second kappa shape index (κ2) is 8.71.